The Hall–Kier alpha value is -1.51. The van der Waals surface area contributed by atoms with E-state index in [0.29, 0.717) is 13.1 Å². The van der Waals surface area contributed by atoms with Gasteiger partial charge in [-0.3, -0.25) is 0 Å². The highest BCUT2D eigenvalue weighted by Crippen LogP contribution is 2.17. The van der Waals surface area contributed by atoms with Gasteiger partial charge in [0.15, 0.2) is 0 Å². The first-order valence-corrected chi connectivity index (χ1v) is 5.69. The Morgan fingerprint density at radius 2 is 1.81 bits per heavy atom. The van der Waals surface area contributed by atoms with Gasteiger partial charge in [-0.1, -0.05) is 30.3 Å². The van der Waals surface area contributed by atoms with Crippen LogP contribution in [0.3, 0.4) is 0 Å². The third-order valence-electron chi connectivity index (χ3n) is 2.57. The summed E-state index contributed by atoms with van der Waals surface area (Å²) < 4.78 is 5.37. The van der Waals surface area contributed by atoms with Gasteiger partial charge < -0.3 is 9.64 Å². The van der Waals surface area contributed by atoms with Crippen molar-refractivity contribution in [2.24, 2.45) is 0 Å². The van der Waals surface area contributed by atoms with Crippen LogP contribution in [-0.4, -0.2) is 24.1 Å². The molecule has 1 atom stereocenters. The van der Waals surface area contributed by atoms with Gasteiger partial charge in [0.25, 0.3) is 0 Å². The highest BCUT2D eigenvalue weighted by molar-refractivity contribution is 5.67. The number of carbonyl (C=O) groups excluding carboxylic acids is 1. The lowest BCUT2D eigenvalue weighted by atomic mass is 10.1. The third kappa shape index (κ3) is 3.26. The topological polar surface area (TPSA) is 29.5 Å². The Morgan fingerprint density at radius 3 is 2.31 bits per heavy atom. The van der Waals surface area contributed by atoms with Gasteiger partial charge in [-0.25, -0.2) is 4.79 Å². The molecule has 1 aromatic rings. The van der Waals surface area contributed by atoms with Gasteiger partial charge in [0.1, 0.15) is 6.10 Å². The minimum absolute atomic E-state index is 0.200. The molecule has 0 bridgehead atoms. The van der Waals surface area contributed by atoms with E-state index in [4.69, 9.17) is 4.74 Å². The SMILES string of the molecule is CCN(CC)C(=O)OC(C)c1ccccc1. The summed E-state index contributed by atoms with van der Waals surface area (Å²) in [6.45, 7) is 7.13. The Balaban J connectivity index is 2.58. The molecule has 0 spiro atoms. The lowest BCUT2D eigenvalue weighted by Gasteiger charge is -2.21. The molecule has 0 aliphatic heterocycles. The molecular weight excluding hydrogens is 202 g/mol. The molecule has 0 aliphatic carbocycles. The fourth-order valence-electron chi connectivity index (χ4n) is 1.50. The van der Waals surface area contributed by atoms with E-state index in [1.54, 1.807) is 4.90 Å². The first kappa shape index (κ1) is 12.6. The molecule has 0 aromatic heterocycles. The molecule has 0 saturated heterocycles. The van der Waals surface area contributed by atoms with Crippen LogP contribution in [0, 0.1) is 0 Å². The summed E-state index contributed by atoms with van der Waals surface area (Å²) >= 11 is 0. The van der Waals surface area contributed by atoms with E-state index in [9.17, 15) is 4.79 Å². The predicted octanol–water partition coefficient (Wildman–Crippen LogP) is 3.23. The van der Waals surface area contributed by atoms with Gasteiger partial charge in [-0.2, -0.15) is 0 Å². The van der Waals surface area contributed by atoms with E-state index in [-0.39, 0.29) is 12.2 Å². The summed E-state index contributed by atoms with van der Waals surface area (Å²) in [5, 5.41) is 0. The van der Waals surface area contributed by atoms with Crippen LogP contribution >= 0.6 is 0 Å². The molecule has 16 heavy (non-hydrogen) atoms. The average Bonchev–Trinajstić information content (AvgIpc) is 2.31. The maximum Gasteiger partial charge on any atom is 0.410 e. The Morgan fingerprint density at radius 1 is 1.25 bits per heavy atom. The summed E-state index contributed by atoms with van der Waals surface area (Å²) in [7, 11) is 0. The van der Waals surface area contributed by atoms with Crippen molar-refractivity contribution in [2.45, 2.75) is 26.9 Å². The van der Waals surface area contributed by atoms with Crippen molar-refractivity contribution >= 4 is 6.09 Å². The minimum Gasteiger partial charge on any atom is -0.442 e. The second-order valence-corrected chi connectivity index (χ2v) is 3.61. The predicted molar refractivity (Wildman–Crippen MR) is 64.3 cm³/mol. The van der Waals surface area contributed by atoms with E-state index in [1.807, 2.05) is 51.1 Å². The zero-order chi connectivity index (χ0) is 12.0. The molecule has 0 heterocycles. The molecule has 3 nitrogen and oxygen atoms in total. The van der Waals surface area contributed by atoms with Gasteiger partial charge in [-0.15, -0.1) is 0 Å². The smallest absolute Gasteiger partial charge is 0.410 e. The minimum atomic E-state index is -0.249. The second-order valence-electron chi connectivity index (χ2n) is 3.61. The first-order valence-electron chi connectivity index (χ1n) is 5.69. The van der Waals surface area contributed by atoms with Crippen LogP contribution in [0.4, 0.5) is 4.79 Å². The highest BCUT2D eigenvalue weighted by Gasteiger charge is 2.15. The summed E-state index contributed by atoms with van der Waals surface area (Å²) in [6.07, 6.45) is -0.448. The Labute approximate surface area is 97.0 Å². The molecule has 0 saturated carbocycles. The average molecular weight is 221 g/mol. The van der Waals surface area contributed by atoms with Crippen molar-refractivity contribution in [2.75, 3.05) is 13.1 Å². The number of ether oxygens (including phenoxy) is 1. The number of hydrogen-bond donors (Lipinski definition) is 0. The van der Waals surface area contributed by atoms with Crippen molar-refractivity contribution in [3.63, 3.8) is 0 Å². The molecule has 3 heteroatoms. The van der Waals surface area contributed by atoms with E-state index in [1.165, 1.54) is 0 Å². The quantitative estimate of drug-likeness (QED) is 0.781. The van der Waals surface area contributed by atoms with Crippen LogP contribution in [0.15, 0.2) is 30.3 Å². The van der Waals surface area contributed by atoms with Crippen molar-refractivity contribution in [1.29, 1.82) is 0 Å². The zero-order valence-electron chi connectivity index (χ0n) is 10.1. The Bertz CT molecular complexity index is 320. The molecule has 1 aromatic carbocycles. The summed E-state index contributed by atoms with van der Waals surface area (Å²) in [5.41, 5.74) is 1.02. The lowest BCUT2D eigenvalue weighted by molar-refractivity contribution is 0.0726. The number of rotatable bonds is 4. The number of benzene rings is 1. The Kier molecular flexibility index (Phi) is 4.83. The van der Waals surface area contributed by atoms with Crippen molar-refractivity contribution in [3.8, 4) is 0 Å². The van der Waals surface area contributed by atoms with Crippen molar-refractivity contribution in [1.82, 2.24) is 4.90 Å². The van der Waals surface area contributed by atoms with Crippen LogP contribution < -0.4 is 0 Å². The van der Waals surface area contributed by atoms with Crippen LogP contribution in [-0.2, 0) is 4.74 Å². The molecule has 0 aliphatic rings. The number of carbonyl (C=O) groups is 1. The molecule has 0 radical (unpaired) electrons. The van der Waals surface area contributed by atoms with Gasteiger partial charge in [0.2, 0.25) is 0 Å². The lowest BCUT2D eigenvalue weighted by Crippen LogP contribution is -2.31. The van der Waals surface area contributed by atoms with E-state index in [0.717, 1.165) is 5.56 Å². The van der Waals surface area contributed by atoms with E-state index >= 15 is 0 Å². The van der Waals surface area contributed by atoms with Gasteiger partial charge >= 0.3 is 6.09 Å². The van der Waals surface area contributed by atoms with Crippen LogP contribution in [0.25, 0.3) is 0 Å². The highest BCUT2D eigenvalue weighted by atomic mass is 16.6. The van der Waals surface area contributed by atoms with Crippen LogP contribution in [0.2, 0.25) is 0 Å². The van der Waals surface area contributed by atoms with Gasteiger partial charge in [-0.05, 0) is 26.3 Å². The maximum absolute atomic E-state index is 11.7. The molecule has 0 fully saturated rings. The first-order chi connectivity index (χ1) is 7.69. The van der Waals surface area contributed by atoms with E-state index in [2.05, 4.69) is 0 Å². The molecule has 1 unspecified atom stereocenters. The summed E-state index contributed by atoms with van der Waals surface area (Å²) in [5.74, 6) is 0. The normalized spacial score (nSPS) is 11.9. The van der Waals surface area contributed by atoms with Crippen molar-refractivity contribution in [3.05, 3.63) is 35.9 Å². The largest absolute Gasteiger partial charge is 0.442 e. The standard InChI is InChI=1S/C13H19NO2/c1-4-14(5-2)13(15)16-11(3)12-9-7-6-8-10-12/h6-11H,4-5H2,1-3H3. The molecule has 1 amide bonds. The number of nitrogens with zero attached hydrogens (tertiary/aromatic N) is 1. The molecule has 1 rings (SSSR count). The van der Waals surface area contributed by atoms with Crippen LogP contribution in [0.1, 0.15) is 32.4 Å². The van der Waals surface area contributed by atoms with Crippen molar-refractivity contribution < 1.29 is 9.53 Å². The number of hydrogen-bond acceptors (Lipinski definition) is 2. The fraction of sp³-hybridized carbons (Fsp3) is 0.462. The number of amides is 1. The fourth-order valence-corrected chi connectivity index (χ4v) is 1.50. The third-order valence-corrected chi connectivity index (χ3v) is 2.57. The van der Waals surface area contributed by atoms with Gasteiger partial charge in [0, 0.05) is 13.1 Å². The molecule has 88 valence electrons. The molecule has 0 N–H and O–H groups in total. The summed E-state index contributed by atoms with van der Waals surface area (Å²) in [6, 6.07) is 9.75. The zero-order valence-corrected chi connectivity index (χ0v) is 10.1. The van der Waals surface area contributed by atoms with E-state index < -0.39 is 0 Å². The summed E-state index contributed by atoms with van der Waals surface area (Å²) in [4.78, 5) is 13.4. The maximum atomic E-state index is 11.7. The second kappa shape index (κ2) is 6.16. The van der Waals surface area contributed by atoms with Gasteiger partial charge in [0.05, 0.1) is 0 Å². The monoisotopic (exact) mass is 221 g/mol. The van der Waals surface area contributed by atoms with Crippen LogP contribution in [0.5, 0.6) is 0 Å². The molecular formula is C13H19NO2.